The van der Waals surface area contributed by atoms with Gasteiger partial charge in [-0.3, -0.25) is 0 Å². The van der Waals surface area contributed by atoms with Crippen LogP contribution in [-0.4, -0.2) is 0 Å². The Morgan fingerprint density at radius 2 is 1.59 bits per heavy atom. The first-order chi connectivity index (χ1) is 8.36. The largest absolute Gasteiger partial charge is 0.0651 e. The minimum Gasteiger partial charge on any atom is -0.0651 e. The van der Waals surface area contributed by atoms with Gasteiger partial charge < -0.3 is 0 Å². The predicted octanol–water partition coefficient (Wildman–Crippen LogP) is 4.67. The molecule has 0 radical (unpaired) electrons. The second-order valence-electron chi connectivity index (χ2n) is 5.26. The van der Waals surface area contributed by atoms with E-state index in [1.54, 1.807) is 11.1 Å². The molecule has 1 aliphatic rings. The summed E-state index contributed by atoms with van der Waals surface area (Å²) < 4.78 is 0. The molecule has 2 aromatic carbocycles. The molecule has 0 N–H and O–H groups in total. The monoisotopic (exact) mass is 224 g/mol. The molecule has 2 aromatic rings. The maximum absolute atomic E-state index is 2.43. The summed E-state index contributed by atoms with van der Waals surface area (Å²) in [4.78, 5) is 0. The van der Waals surface area contributed by atoms with E-state index in [0.29, 0.717) is 0 Å². The second kappa shape index (κ2) is 4.52. The Hall–Kier alpha value is -1.30. The van der Waals surface area contributed by atoms with Crippen LogP contribution in [0.2, 0.25) is 0 Å². The molecule has 0 heterocycles. The van der Waals surface area contributed by atoms with E-state index in [0.717, 1.165) is 0 Å². The summed E-state index contributed by atoms with van der Waals surface area (Å²) in [6.45, 7) is 2.25. The zero-order valence-electron chi connectivity index (χ0n) is 10.6. The van der Waals surface area contributed by atoms with Crippen LogP contribution >= 0.6 is 0 Å². The maximum atomic E-state index is 2.43. The fraction of sp³-hybridized carbons (Fsp3) is 0.412. The minimum absolute atomic E-state index is 1.20. The smallest absolute Gasteiger partial charge is 0.0178 e. The SMILES string of the molecule is CCCc1ccc2cc3c(cc2c1)CCCC3. The summed E-state index contributed by atoms with van der Waals surface area (Å²) in [6.07, 6.45) is 7.73. The number of rotatable bonds is 2. The summed E-state index contributed by atoms with van der Waals surface area (Å²) >= 11 is 0. The normalized spacial score (nSPS) is 14.9. The van der Waals surface area contributed by atoms with Crippen LogP contribution in [0.1, 0.15) is 42.9 Å². The first kappa shape index (κ1) is 10.8. The van der Waals surface area contributed by atoms with E-state index < -0.39 is 0 Å². The van der Waals surface area contributed by atoms with Gasteiger partial charge in [-0.15, -0.1) is 0 Å². The van der Waals surface area contributed by atoms with Gasteiger partial charge in [0.05, 0.1) is 0 Å². The molecule has 0 fully saturated rings. The molecule has 0 nitrogen and oxygen atoms in total. The first-order valence-electron chi connectivity index (χ1n) is 6.91. The summed E-state index contributed by atoms with van der Waals surface area (Å²) in [5.74, 6) is 0. The van der Waals surface area contributed by atoms with Crippen LogP contribution in [-0.2, 0) is 19.3 Å². The van der Waals surface area contributed by atoms with Crippen molar-refractivity contribution in [3.63, 3.8) is 0 Å². The van der Waals surface area contributed by atoms with Crippen molar-refractivity contribution in [3.8, 4) is 0 Å². The van der Waals surface area contributed by atoms with Crippen LogP contribution in [0.15, 0.2) is 30.3 Å². The van der Waals surface area contributed by atoms with Gasteiger partial charge in [0.25, 0.3) is 0 Å². The molecule has 3 rings (SSSR count). The Kier molecular flexibility index (Phi) is 2.88. The van der Waals surface area contributed by atoms with Gasteiger partial charge in [-0.25, -0.2) is 0 Å². The molecule has 0 saturated carbocycles. The van der Waals surface area contributed by atoms with Gasteiger partial charge in [-0.2, -0.15) is 0 Å². The third-order valence-corrected chi connectivity index (χ3v) is 3.90. The zero-order chi connectivity index (χ0) is 11.7. The van der Waals surface area contributed by atoms with Crippen LogP contribution in [0.5, 0.6) is 0 Å². The standard InChI is InChI=1S/C17H20/c1-2-5-13-8-9-16-11-14-6-3-4-7-15(14)12-17(16)10-13/h8-12H,2-7H2,1H3. The number of hydrogen-bond donors (Lipinski definition) is 0. The van der Waals surface area contributed by atoms with Crippen molar-refractivity contribution in [2.45, 2.75) is 45.4 Å². The lowest BCUT2D eigenvalue weighted by Crippen LogP contribution is -2.02. The van der Waals surface area contributed by atoms with E-state index in [2.05, 4.69) is 37.3 Å². The van der Waals surface area contributed by atoms with Crippen molar-refractivity contribution in [3.05, 3.63) is 47.0 Å². The van der Waals surface area contributed by atoms with Gasteiger partial charge in [0.1, 0.15) is 0 Å². The Bertz CT molecular complexity index is 537. The van der Waals surface area contributed by atoms with E-state index in [1.165, 1.54) is 54.9 Å². The van der Waals surface area contributed by atoms with Crippen molar-refractivity contribution in [1.82, 2.24) is 0 Å². The second-order valence-corrected chi connectivity index (χ2v) is 5.26. The number of benzene rings is 2. The Morgan fingerprint density at radius 3 is 2.29 bits per heavy atom. The molecule has 0 unspecified atom stereocenters. The van der Waals surface area contributed by atoms with Gasteiger partial charge >= 0.3 is 0 Å². The van der Waals surface area contributed by atoms with Crippen molar-refractivity contribution in [1.29, 1.82) is 0 Å². The molecular formula is C17H20. The van der Waals surface area contributed by atoms with Gasteiger partial charge in [-0.1, -0.05) is 43.7 Å². The average molecular weight is 224 g/mol. The lowest BCUT2D eigenvalue weighted by atomic mass is 9.89. The minimum atomic E-state index is 1.20. The third-order valence-electron chi connectivity index (χ3n) is 3.90. The van der Waals surface area contributed by atoms with Gasteiger partial charge in [0.2, 0.25) is 0 Å². The quantitative estimate of drug-likeness (QED) is 0.695. The highest BCUT2D eigenvalue weighted by atomic mass is 14.1. The molecule has 0 spiro atoms. The van der Waals surface area contributed by atoms with Crippen LogP contribution < -0.4 is 0 Å². The van der Waals surface area contributed by atoms with Crippen molar-refractivity contribution in [2.24, 2.45) is 0 Å². The Balaban J connectivity index is 2.10. The van der Waals surface area contributed by atoms with Gasteiger partial charge in [0, 0.05) is 0 Å². The fourth-order valence-electron chi connectivity index (χ4n) is 2.98. The molecule has 0 aromatic heterocycles. The molecule has 0 bridgehead atoms. The van der Waals surface area contributed by atoms with E-state index >= 15 is 0 Å². The van der Waals surface area contributed by atoms with Crippen molar-refractivity contribution < 1.29 is 0 Å². The lowest BCUT2D eigenvalue weighted by Gasteiger charge is -2.16. The Morgan fingerprint density at radius 1 is 0.882 bits per heavy atom. The summed E-state index contributed by atoms with van der Waals surface area (Å²) in [6, 6.07) is 11.8. The highest BCUT2D eigenvalue weighted by molar-refractivity contribution is 5.85. The van der Waals surface area contributed by atoms with Gasteiger partial charge in [-0.05, 0) is 59.6 Å². The summed E-state index contributed by atoms with van der Waals surface area (Å²) in [7, 11) is 0. The third kappa shape index (κ3) is 2.09. The molecule has 0 atom stereocenters. The van der Waals surface area contributed by atoms with Gasteiger partial charge in [0.15, 0.2) is 0 Å². The topological polar surface area (TPSA) is 0 Å². The van der Waals surface area contributed by atoms with Crippen LogP contribution in [0.4, 0.5) is 0 Å². The zero-order valence-corrected chi connectivity index (χ0v) is 10.6. The fourth-order valence-corrected chi connectivity index (χ4v) is 2.98. The lowest BCUT2D eigenvalue weighted by molar-refractivity contribution is 0.687. The van der Waals surface area contributed by atoms with E-state index in [9.17, 15) is 0 Å². The number of fused-ring (bicyclic) bond motifs is 2. The molecule has 1 aliphatic carbocycles. The first-order valence-corrected chi connectivity index (χ1v) is 6.91. The summed E-state index contributed by atoms with van der Waals surface area (Å²) in [5.41, 5.74) is 4.67. The van der Waals surface area contributed by atoms with E-state index in [4.69, 9.17) is 0 Å². The molecule has 88 valence electrons. The van der Waals surface area contributed by atoms with E-state index in [-0.39, 0.29) is 0 Å². The van der Waals surface area contributed by atoms with Crippen LogP contribution in [0, 0.1) is 0 Å². The molecular weight excluding hydrogens is 204 g/mol. The Labute approximate surface area is 104 Å². The predicted molar refractivity (Wildman–Crippen MR) is 74.6 cm³/mol. The van der Waals surface area contributed by atoms with Crippen molar-refractivity contribution in [2.75, 3.05) is 0 Å². The highest BCUT2D eigenvalue weighted by Gasteiger charge is 2.10. The van der Waals surface area contributed by atoms with Crippen LogP contribution in [0.25, 0.3) is 10.8 Å². The maximum Gasteiger partial charge on any atom is -0.0178 e. The summed E-state index contributed by atoms with van der Waals surface area (Å²) in [5, 5.41) is 2.86. The molecule has 17 heavy (non-hydrogen) atoms. The average Bonchev–Trinajstić information content (AvgIpc) is 2.36. The van der Waals surface area contributed by atoms with Crippen LogP contribution in [0.3, 0.4) is 0 Å². The molecule has 0 aliphatic heterocycles. The van der Waals surface area contributed by atoms with Crippen molar-refractivity contribution >= 4 is 10.8 Å². The van der Waals surface area contributed by atoms with E-state index in [1.807, 2.05) is 0 Å². The highest BCUT2D eigenvalue weighted by Crippen LogP contribution is 2.27. The molecule has 0 saturated heterocycles. The molecule has 0 amide bonds. The number of aryl methyl sites for hydroxylation is 3. The molecule has 0 heteroatoms. The number of hydrogen-bond acceptors (Lipinski definition) is 0.